The maximum absolute atomic E-state index is 15.0. The predicted molar refractivity (Wildman–Crippen MR) is 112 cm³/mol. The van der Waals surface area contributed by atoms with Gasteiger partial charge in [-0.05, 0) is 42.3 Å². The molecule has 10 heteroatoms. The zero-order valence-electron chi connectivity index (χ0n) is 17.6. The molecule has 0 aliphatic carbocycles. The van der Waals surface area contributed by atoms with Crippen LogP contribution in [0.2, 0.25) is 0 Å². The largest absolute Gasteiger partial charge is 0.435 e. The number of rotatable bonds is 6. The van der Waals surface area contributed by atoms with Crippen molar-refractivity contribution in [2.75, 3.05) is 6.61 Å². The lowest BCUT2D eigenvalue weighted by molar-refractivity contribution is -0.231. The van der Waals surface area contributed by atoms with Gasteiger partial charge in [-0.3, -0.25) is 0 Å². The molecule has 5 atom stereocenters. The van der Waals surface area contributed by atoms with Crippen LogP contribution < -0.4 is 4.74 Å². The predicted octanol–water partition coefficient (Wildman–Crippen LogP) is 2.25. The molecule has 1 aromatic heterocycles. The van der Waals surface area contributed by atoms with Crippen molar-refractivity contribution < 1.29 is 43.1 Å². The summed E-state index contributed by atoms with van der Waals surface area (Å²) >= 11 is 0. The van der Waals surface area contributed by atoms with E-state index in [1.165, 1.54) is 18.2 Å². The summed E-state index contributed by atoms with van der Waals surface area (Å²) in [4.78, 5) is 0. The Kier molecular flexibility index (Phi) is 6.64. The molecule has 1 fully saturated rings. The van der Waals surface area contributed by atoms with Gasteiger partial charge in [0.1, 0.15) is 42.1 Å². The molecule has 7 nitrogen and oxygen atoms in total. The standard InChI is InChI=1S/C23H24F3NO6/c1-11-6-14-15(22-21(31)20(30)19(29)17(10-28)33-22)9-27(18(14)16(24)7-11)8-12-2-4-13(5-3-12)32-23(25)26/h2-7,9,17,19-23,28-31H,8,10H2,1H3/t17-,19-,20+,21-,22+/m1/s1. The second-order valence-corrected chi connectivity index (χ2v) is 8.13. The Morgan fingerprint density at radius 2 is 1.76 bits per heavy atom. The summed E-state index contributed by atoms with van der Waals surface area (Å²) in [5, 5.41) is 40.8. The summed E-state index contributed by atoms with van der Waals surface area (Å²) in [5.41, 5.74) is 1.90. The fourth-order valence-electron chi connectivity index (χ4n) is 4.23. The average Bonchev–Trinajstić information content (AvgIpc) is 3.11. The molecule has 0 saturated carbocycles. The highest BCUT2D eigenvalue weighted by Crippen LogP contribution is 2.38. The Labute approximate surface area is 187 Å². The van der Waals surface area contributed by atoms with E-state index in [1.807, 2.05) is 0 Å². The van der Waals surface area contributed by atoms with Gasteiger partial charge in [0.15, 0.2) is 0 Å². The number of hydrogen-bond acceptors (Lipinski definition) is 6. The first kappa shape index (κ1) is 23.5. The van der Waals surface area contributed by atoms with Crippen LogP contribution in [-0.2, 0) is 11.3 Å². The molecule has 0 amide bonds. The number of aromatic nitrogens is 1. The third kappa shape index (κ3) is 4.57. The van der Waals surface area contributed by atoms with Crippen molar-refractivity contribution in [3.63, 3.8) is 0 Å². The first-order valence-corrected chi connectivity index (χ1v) is 10.3. The molecule has 3 aromatic rings. The number of aryl methyl sites for hydroxylation is 1. The van der Waals surface area contributed by atoms with Gasteiger partial charge in [0, 0.05) is 23.7 Å². The normalized spacial score (nSPS) is 25.7. The minimum atomic E-state index is -2.94. The Balaban J connectivity index is 1.75. The van der Waals surface area contributed by atoms with Gasteiger partial charge in [-0.2, -0.15) is 8.78 Å². The van der Waals surface area contributed by atoms with Crippen LogP contribution in [0.1, 0.15) is 22.8 Å². The molecule has 0 radical (unpaired) electrons. The van der Waals surface area contributed by atoms with E-state index in [0.717, 1.165) is 0 Å². The molecule has 1 saturated heterocycles. The summed E-state index contributed by atoms with van der Waals surface area (Å²) in [6.45, 7) is -1.65. The lowest BCUT2D eigenvalue weighted by atomic mass is 9.91. The van der Waals surface area contributed by atoms with Crippen molar-refractivity contribution in [3.8, 4) is 5.75 Å². The average molecular weight is 467 g/mol. The van der Waals surface area contributed by atoms with E-state index >= 15 is 4.39 Å². The highest BCUT2D eigenvalue weighted by Gasteiger charge is 2.45. The molecule has 0 bridgehead atoms. The number of ether oxygens (including phenoxy) is 2. The van der Waals surface area contributed by atoms with Crippen LogP contribution in [0.15, 0.2) is 42.6 Å². The van der Waals surface area contributed by atoms with E-state index in [9.17, 15) is 29.2 Å². The minimum Gasteiger partial charge on any atom is -0.435 e. The Bertz CT molecular complexity index is 1120. The molecule has 1 aliphatic rings. The van der Waals surface area contributed by atoms with Gasteiger partial charge in [-0.1, -0.05) is 12.1 Å². The second kappa shape index (κ2) is 9.32. The molecule has 4 N–H and O–H groups in total. The number of halogens is 3. The van der Waals surface area contributed by atoms with Gasteiger partial charge in [0.2, 0.25) is 0 Å². The fourth-order valence-corrected chi connectivity index (χ4v) is 4.23. The number of aliphatic hydroxyl groups excluding tert-OH is 4. The molecular weight excluding hydrogens is 443 g/mol. The zero-order chi connectivity index (χ0) is 23.9. The monoisotopic (exact) mass is 467 g/mol. The SMILES string of the molecule is Cc1cc(F)c2c(c1)c([C@@H]1O[C@H](CO)[C@@H](O)[C@H](O)[C@H]1O)cn2Cc1ccc(OC(F)F)cc1. The summed E-state index contributed by atoms with van der Waals surface area (Å²) in [7, 11) is 0. The second-order valence-electron chi connectivity index (χ2n) is 8.13. The van der Waals surface area contributed by atoms with Crippen molar-refractivity contribution in [2.45, 2.75) is 50.6 Å². The highest BCUT2D eigenvalue weighted by molar-refractivity contribution is 5.86. The van der Waals surface area contributed by atoms with Crippen LogP contribution in [0.25, 0.3) is 10.9 Å². The number of alkyl halides is 2. The van der Waals surface area contributed by atoms with Crippen molar-refractivity contribution in [3.05, 3.63) is 65.1 Å². The summed E-state index contributed by atoms with van der Waals surface area (Å²) < 4.78 is 51.4. The van der Waals surface area contributed by atoms with Crippen molar-refractivity contribution in [1.29, 1.82) is 0 Å². The van der Waals surface area contributed by atoms with Crippen LogP contribution in [-0.4, -0.2) is 62.6 Å². The van der Waals surface area contributed by atoms with E-state index in [0.29, 0.717) is 22.1 Å². The maximum atomic E-state index is 15.0. The zero-order valence-corrected chi connectivity index (χ0v) is 17.6. The lowest BCUT2D eigenvalue weighted by Gasteiger charge is -2.40. The molecular formula is C23H24F3NO6. The van der Waals surface area contributed by atoms with Gasteiger partial charge in [0.25, 0.3) is 0 Å². The van der Waals surface area contributed by atoms with E-state index in [-0.39, 0.29) is 17.8 Å². The van der Waals surface area contributed by atoms with E-state index in [2.05, 4.69) is 4.74 Å². The molecule has 1 aliphatic heterocycles. The molecule has 2 aromatic carbocycles. The Hall–Kier alpha value is -2.63. The van der Waals surface area contributed by atoms with Crippen LogP contribution in [0.3, 0.4) is 0 Å². The smallest absolute Gasteiger partial charge is 0.387 e. The minimum absolute atomic E-state index is 0.00470. The third-order valence-corrected chi connectivity index (χ3v) is 5.80. The summed E-state index contributed by atoms with van der Waals surface area (Å²) in [5.74, 6) is -0.520. The fraction of sp³-hybridized carbons (Fsp3) is 0.391. The van der Waals surface area contributed by atoms with Crippen molar-refractivity contribution >= 4 is 10.9 Å². The van der Waals surface area contributed by atoms with Gasteiger partial charge in [0.05, 0.1) is 12.1 Å². The van der Waals surface area contributed by atoms with Crippen LogP contribution in [0, 0.1) is 12.7 Å². The van der Waals surface area contributed by atoms with E-state index < -0.39 is 49.6 Å². The Morgan fingerprint density at radius 3 is 2.39 bits per heavy atom. The number of nitrogens with zero attached hydrogens (tertiary/aromatic N) is 1. The summed E-state index contributed by atoms with van der Waals surface area (Å²) in [6.07, 6.45) is -5.27. The van der Waals surface area contributed by atoms with E-state index in [1.54, 1.807) is 35.9 Å². The lowest BCUT2D eigenvalue weighted by Crippen LogP contribution is -2.55. The van der Waals surface area contributed by atoms with Crippen LogP contribution in [0.4, 0.5) is 13.2 Å². The first-order chi connectivity index (χ1) is 15.7. The quantitative estimate of drug-likeness (QED) is 0.444. The highest BCUT2D eigenvalue weighted by atomic mass is 19.3. The first-order valence-electron chi connectivity index (χ1n) is 10.3. The molecule has 33 heavy (non-hydrogen) atoms. The third-order valence-electron chi connectivity index (χ3n) is 5.80. The van der Waals surface area contributed by atoms with Crippen molar-refractivity contribution in [2.24, 2.45) is 0 Å². The topological polar surface area (TPSA) is 104 Å². The Morgan fingerprint density at radius 1 is 1.06 bits per heavy atom. The van der Waals surface area contributed by atoms with Crippen LogP contribution >= 0.6 is 0 Å². The number of fused-ring (bicyclic) bond motifs is 1. The van der Waals surface area contributed by atoms with Gasteiger partial charge >= 0.3 is 6.61 Å². The van der Waals surface area contributed by atoms with Gasteiger partial charge < -0.3 is 34.5 Å². The molecule has 0 spiro atoms. The molecule has 178 valence electrons. The van der Waals surface area contributed by atoms with Gasteiger partial charge in [-0.25, -0.2) is 4.39 Å². The summed E-state index contributed by atoms with van der Waals surface area (Å²) in [6, 6.07) is 8.98. The van der Waals surface area contributed by atoms with Crippen LogP contribution in [0.5, 0.6) is 5.75 Å². The molecule has 4 rings (SSSR count). The molecule has 2 heterocycles. The molecule has 0 unspecified atom stereocenters. The van der Waals surface area contributed by atoms with Gasteiger partial charge in [-0.15, -0.1) is 0 Å². The number of hydrogen-bond donors (Lipinski definition) is 4. The number of benzene rings is 2. The van der Waals surface area contributed by atoms with E-state index in [4.69, 9.17) is 4.74 Å². The maximum Gasteiger partial charge on any atom is 0.387 e. The number of aliphatic hydroxyl groups is 4. The van der Waals surface area contributed by atoms with Crippen molar-refractivity contribution in [1.82, 2.24) is 4.57 Å².